The summed E-state index contributed by atoms with van der Waals surface area (Å²) in [6.07, 6.45) is 0.326. The third-order valence-electron chi connectivity index (χ3n) is 2.74. The molecule has 0 aromatic rings. The Kier molecular flexibility index (Phi) is 5.93. The van der Waals surface area contributed by atoms with E-state index in [1.165, 1.54) is 0 Å². The van der Waals surface area contributed by atoms with Crippen molar-refractivity contribution in [1.82, 2.24) is 15.5 Å². The van der Waals surface area contributed by atoms with Crippen LogP contribution in [0.15, 0.2) is 0 Å². The molecule has 1 rings (SSSR count). The van der Waals surface area contributed by atoms with Crippen molar-refractivity contribution in [1.29, 1.82) is 0 Å². The predicted octanol–water partition coefficient (Wildman–Crippen LogP) is -1.04. The third kappa shape index (κ3) is 3.98. The molecule has 6 heteroatoms. The van der Waals surface area contributed by atoms with Crippen molar-refractivity contribution in [2.45, 2.75) is 19.4 Å². The number of carbonyl (C=O) groups excluding carboxylic acids is 2. The summed E-state index contributed by atoms with van der Waals surface area (Å²) < 4.78 is 4.88. The number of nitrogens with one attached hydrogen (secondary N) is 2. The van der Waals surface area contributed by atoms with Crippen LogP contribution >= 0.6 is 0 Å². The number of piperazine rings is 1. The summed E-state index contributed by atoms with van der Waals surface area (Å²) in [6, 6.07) is -0.395. The quantitative estimate of drug-likeness (QED) is 0.647. The number of likely N-dealkylation sites (N-methyl/N-ethyl adjacent to an activating group) is 1. The van der Waals surface area contributed by atoms with E-state index in [9.17, 15) is 9.59 Å². The third-order valence-corrected chi connectivity index (χ3v) is 2.74. The first-order chi connectivity index (χ1) is 8.20. The summed E-state index contributed by atoms with van der Waals surface area (Å²) in [7, 11) is 1.56. The van der Waals surface area contributed by atoms with Crippen LogP contribution in [0.2, 0.25) is 0 Å². The molecule has 2 N–H and O–H groups in total. The molecular weight excluding hydrogens is 222 g/mol. The normalized spacial score (nSPS) is 20.1. The van der Waals surface area contributed by atoms with E-state index in [1.54, 1.807) is 12.0 Å². The lowest BCUT2D eigenvalue weighted by molar-refractivity contribution is -0.142. The number of nitrogens with zero attached hydrogens (tertiary/aromatic N) is 1. The molecule has 1 unspecified atom stereocenters. The molecule has 98 valence electrons. The van der Waals surface area contributed by atoms with Crippen molar-refractivity contribution < 1.29 is 14.3 Å². The van der Waals surface area contributed by atoms with Crippen LogP contribution in [0.3, 0.4) is 0 Å². The summed E-state index contributed by atoms with van der Waals surface area (Å²) >= 11 is 0. The van der Waals surface area contributed by atoms with E-state index in [1.807, 2.05) is 6.92 Å². The Bertz CT molecular complexity index is 271. The number of carbonyl (C=O) groups is 2. The lowest BCUT2D eigenvalue weighted by Gasteiger charge is -2.35. The molecule has 0 radical (unpaired) electrons. The first-order valence-corrected chi connectivity index (χ1v) is 5.97. The van der Waals surface area contributed by atoms with Gasteiger partial charge >= 0.3 is 0 Å². The van der Waals surface area contributed by atoms with Gasteiger partial charge < -0.3 is 20.3 Å². The average Bonchev–Trinajstić information content (AvgIpc) is 2.36. The van der Waals surface area contributed by atoms with Gasteiger partial charge in [0.1, 0.15) is 6.04 Å². The summed E-state index contributed by atoms with van der Waals surface area (Å²) in [5.41, 5.74) is 0. The lowest BCUT2D eigenvalue weighted by Crippen LogP contribution is -2.59. The van der Waals surface area contributed by atoms with E-state index in [4.69, 9.17) is 4.74 Å². The second-order valence-corrected chi connectivity index (χ2v) is 3.94. The monoisotopic (exact) mass is 243 g/mol. The van der Waals surface area contributed by atoms with Crippen molar-refractivity contribution in [2.24, 2.45) is 0 Å². The Hall–Kier alpha value is -1.14. The van der Waals surface area contributed by atoms with Crippen LogP contribution in [-0.2, 0) is 14.3 Å². The Labute approximate surface area is 102 Å². The maximum absolute atomic E-state index is 11.9. The molecule has 1 saturated heterocycles. The number of hydrogen-bond acceptors (Lipinski definition) is 4. The molecule has 1 heterocycles. The van der Waals surface area contributed by atoms with Gasteiger partial charge in [0.2, 0.25) is 11.8 Å². The van der Waals surface area contributed by atoms with Crippen LogP contribution < -0.4 is 10.6 Å². The second-order valence-electron chi connectivity index (χ2n) is 3.94. The van der Waals surface area contributed by atoms with Gasteiger partial charge in [0, 0.05) is 33.3 Å². The van der Waals surface area contributed by atoms with E-state index in [2.05, 4.69) is 10.6 Å². The Morgan fingerprint density at radius 3 is 2.94 bits per heavy atom. The SMILES string of the molecule is CCNC(=O)C1CNCCN1C(=O)CCOC. The van der Waals surface area contributed by atoms with Crippen molar-refractivity contribution in [2.75, 3.05) is 39.9 Å². The number of hydrogen-bond donors (Lipinski definition) is 2. The molecular formula is C11H21N3O3. The van der Waals surface area contributed by atoms with Crippen molar-refractivity contribution in [3.05, 3.63) is 0 Å². The predicted molar refractivity (Wildman–Crippen MR) is 63.5 cm³/mol. The number of rotatable bonds is 5. The molecule has 6 nitrogen and oxygen atoms in total. The van der Waals surface area contributed by atoms with Gasteiger partial charge in [-0.1, -0.05) is 0 Å². The zero-order valence-electron chi connectivity index (χ0n) is 10.5. The molecule has 17 heavy (non-hydrogen) atoms. The van der Waals surface area contributed by atoms with Crippen LogP contribution in [0.4, 0.5) is 0 Å². The molecule has 1 aliphatic rings. The van der Waals surface area contributed by atoms with Gasteiger partial charge in [0.25, 0.3) is 0 Å². The second kappa shape index (κ2) is 7.24. The van der Waals surface area contributed by atoms with E-state index in [0.717, 1.165) is 6.54 Å². The van der Waals surface area contributed by atoms with E-state index in [-0.39, 0.29) is 11.8 Å². The molecule has 2 amide bonds. The summed E-state index contributed by atoms with van der Waals surface area (Å²) in [6.45, 7) is 4.66. The average molecular weight is 243 g/mol. The highest BCUT2D eigenvalue weighted by molar-refractivity contribution is 5.88. The molecule has 0 aromatic heterocycles. The fourth-order valence-corrected chi connectivity index (χ4v) is 1.86. The smallest absolute Gasteiger partial charge is 0.244 e. The molecule has 0 bridgehead atoms. The molecule has 1 atom stereocenters. The molecule has 1 aliphatic heterocycles. The molecule has 0 aliphatic carbocycles. The minimum Gasteiger partial charge on any atom is -0.384 e. The highest BCUT2D eigenvalue weighted by atomic mass is 16.5. The van der Waals surface area contributed by atoms with Gasteiger partial charge in [-0.15, -0.1) is 0 Å². The Morgan fingerprint density at radius 2 is 2.29 bits per heavy atom. The van der Waals surface area contributed by atoms with Gasteiger partial charge in [0.15, 0.2) is 0 Å². The standard InChI is InChI=1S/C11H21N3O3/c1-3-13-11(16)9-8-12-5-6-14(9)10(15)4-7-17-2/h9,12H,3-8H2,1-2H3,(H,13,16). The summed E-state index contributed by atoms with van der Waals surface area (Å²) in [5, 5.41) is 5.88. The first kappa shape index (κ1) is 13.9. The summed E-state index contributed by atoms with van der Waals surface area (Å²) in [4.78, 5) is 25.4. The van der Waals surface area contributed by atoms with E-state index in [0.29, 0.717) is 32.7 Å². The fraction of sp³-hybridized carbons (Fsp3) is 0.818. The highest BCUT2D eigenvalue weighted by Gasteiger charge is 2.31. The topological polar surface area (TPSA) is 70.7 Å². The van der Waals surface area contributed by atoms with Crippen LogP contribution in [0.5, 0.6) is 0 Å². The fourth-order valence-electron chi connectivity index (χ4n) is 1.86. The summed E-state index contributed by atoms with van der Waals surface area (Å²) in [5.74, 6) is -0.116. The Morgan fingerprint density at radius 1 is 1.53 bits per heavy atom. The number of amides is 2. The zero-order valence-corrected chi connectivity index (χ0v) is 10.5. The minimum atomic E-state index is -0.395. The van der Waals surface area contributed by atoms with E-state index >= 15 is 0 Å². The van der Waals surface area contributed by atoms with Crippen molar-refractivity contribution >= 4 is 11.8 Å². The van der Waals surface area contributed by atoms with Gasteiger partial charge in [-0.2, -0.15) is 0 Å². The largest absolute Gasteiger partial charge is 0.384 e. The minimum absolute atomic E-state index is 0.0235. The van der Waals surface area contributed by atoms with Crippen molar-refractivity contribution in [3.63, 3.8) is 0 Å². The maximum Gasteiger partial charge on any atom is 0.244 e. The molecule has 1 fully saturated rings. The zero-order chi connectivity index (χ0) is 12.7. The van der Waals surface area contributed by atoms with Crippen LogP contribution in [-0.4, -0.2) is 62.7 Å². The van der Waals surface area contributed by atoms with Crippen molar-refractivity contribution in [3.8, 4) is 0 Å². The van der Waals surface area contributed by atoms with Crippen LogP contribution in [0.25, 0.3) is 0 Å². The highest BCUT2D eigenvalue weighted by Crippen LogP contribution is 2.06. The lowest BCUT2D eigenvalue weighted by atomic mass is 10.1. The Balaban J connectivity index is 2.58. The van der Waals surface area contributed by atoms with Gasteiger partial charge in [-0.3, -0.25) is 9.59 Å². The van der Waals surface area contributed by atoms with Crippen LogP contribution in [0.1, 0.15) is 13.3 Å². The number of methoxy groups -OCH3 is 1. The maximum atomic E-state index is 11.9. The van der Waals surface area contributed by atoms with Crippen LogP contribution in [0, 0.1) is 0 Å². The molecule has 0 aromatic carbocycles. The van der Waals surface area contributed by atoms with E-state index < -0.39 is 6.04 Å². The molecule has 0 saturated carbocycles. The van der Waals surface area contributed by atoms with Gasteiger partial charge in [-0.25, -0.2) is 0 Å². The number of ether oxygens (including phenoxy) is 1. The van der Waals surface area contributed by atoms with Gasteiger partial charge in [-0.05, 0) is 6.92 Å². The van der Waals surface area contributed by atoms with Gasteiger partial charge in [0.05, 0.1) is 13.0 Å². The molecule has 0 spiro atoms. The first-order valence-electron chi connectivity index (χ1n) is 5.97.